The number of ether oxygens (including phenoxy) is 1. The van der Waals surface area contributed by atoms with Gasteiger partial charge in [0, 0.05) is 36.7 Å². The molecule has 5 heteroatoms. The van der Waals surface area contributed by atoms with Crippen LogP contribution in [0.3, 0.4) is 0 Å². The van der Waals surface area contributed by atoms with Crippen LogP contribution in [0.1, 0.15) is 38.4 Å². The summed E-state index contributed by atoms with van der Waals surface area (Å²) in [4.78, 5) is 4.51. The van der Waals surface area contributed by atoms with Crippen LogP contribution in [-0.4, -0.2) is 28.6 Å². The molecule has 0 amide bonds. The number of anilines is 1. The summed E-state index contributed by atoms with van der Waals surface area (Å²) >= 11 is 1.46. The molecule has 2 heterocycles. The molecule has 1 fully saturated rings. The second kappa shape index (κ2) is 4.90. The van der Waals surface area contributed by atoms with Gasteiger partial charge in [-0.25, -0.2) is 4.98 Å². The van der Waals surface area contributed by atoms with Crippen LogP contribution in [-0.2, 0) is 4.74 Å². The van der Waals surface area contributed by atoms with E-state index < -0.39 is 0 Å². The third kappa shape index (κ3) is 2.89. The minimum absolute atomic E-state index is 0.417. The van der Waals surface area contributed by atoms with E-state index in [4.69, 9.17) is 4.74 Å². The molecule has 0 saturated carbocycles. The Morgan fingerprint density at radius 2 is 2.13 bits per heavy atom. The largest absolute Gasteiger partial charge is 0.381 e. The molecule has 2 rings (SSSR count). The Hall–Kier alpha value is -0.680. The van der Waals surface area contributed by atoms with Crippen LogP contribution >= 0.6 is 11.5 Å². The first kappa shape index (κ1) is 10.8. The first-order chi connectivity index (χ1) is 7.25. The average Bonchev–Trinajstić information content (AvgIpc) is 2.67. The molecule has 84 valence electrons. The molecular formula is C10H17N3OS. The molecule has 0 unspecified atom stereocenters. The first-order valence-corrected chi connectivity index (χ1v) is 6.21. The lowest BCUT2D eigenvalue weighted by Crippen LogP contribution is -2.15. The van der Waals surface area contributed by atoms with Crippen molar-refractivity contribution in [2.24, 2.45) is 0 Å². The molecule has 1 aliphatic rings. The van der Waals surface area contributed by atoms with Crippen LogP contribution < -0.4 is 5.32 Å². The Kier molecular flexibility index (Phi) is 3.53. The molecule has 1 aliphatic heterocycles. The monoisotopic (exact) mass is 227 g/mol. The lowest BCUT2D eigenvalue weighted by Gasteiger charge is -2.18. The van der Waals surface area contributed by atoms with Gasteiger partial charge in [0.2, 0.25) is 5.13 Å². The summed E-state index contributed by atoms with van der Waals surface area (Å²) in [7, 11) is 0. The predicted molar refractivity (Wildman–Crippen MR) is 61.5 cm³/mol. The second-order valence-electron chi connectivity index (χ2n) is 4.14. The van der Waals surface area contributed by atoms with Gasteiger partial charge in [-0.05, 0) is 26.7 Å². The second-order valence-corrected chi connectivity index (χ2v) is 4.90. The summed E-state index contributed by atoms with van der Waals surface area (Å²) in [5, 5.41) is 4.21. The summed E-state index contributed by atoms with van der Waals surface area (Å²) in [6.45, 7) is 5.90. The molecule has 15 heavy (non-hydrogen) atoms. The molecule has 0 spiro atoms. The molecule has 1 aromatic rings. The smallest absolute Gasteiger partial charge is 0.202 e. The van der Waals surface area contributed by atoms with Gasteiger partial charge in [0.25, 0.3) is 0 Å². The quantitative estimate of drug-likeness (QED) is 0.860. The molecule has 1 aromatic heterocycles. The Labute approximate surface area is 94.2 Å². The SMILES string of the molecule is CC(C)Nc1nc(C2CCOCC2)ns1. The van der Waals surface area contributed by atoms with E-state index in [9.17, 15) is 0 Å². The van der Waals surface area contributed by atoms with Gasteiger partial charge < -0.3 is 10.1 Å². The Bertz CT molecular complexity index is 307. The number of hydrogen-bond acceptors (Lipinski definition) is 5. The molecule has 1 N–H and O–H groups in total. The van der Waals surface area contributed by atoms with Gasteiger partial charge in [-0.2, -0.15) is 4.37 Å². The number of hydrogen-bond donors (Lipinski definition) is 1. The lowest BCUT2D eigenvalue weighted by atomic mass is 10.00. The molecule has 0 aromatic carbocycles. The third-order valence-electron chi connectivity index (χ3n) is 2.44. The number of rotatable bonds is 3. The Morgan fingerprint density at radius 3 is 2.80 bits per heavy atom. The molecular weight excluding hydrogens is 210 g/mol. The van der Waals surface area contributed by atoms with Gasteiger partial charge in [0.1, 0.15) is 5.82 Å². The van der Waals surface area contributed by atoms with Crippen molar-refractivity contribution in [1.82, 2.24) is 9.36 Å². The van der Waals surface area contributed by atoms with E-state index in [1.165, 1.54) is 11.5 Å². The topological polar surface area (TPSA) is 47.0 Å². The molecule has 0 aliphatic carbocycles. The van der Waals surface area contributed by atoms with Crippen molar-refractivity contribution in [1.29, 1.82) is 0 Å². The zero-order chi connectivity index (χ0) is 10.7. The van der Waals surface area contributed by atoms with E-state index in [1.54, 1.807) is 0 Å². The number of nitrogens with one attached hydrogen (secondary N) is 1. The summed E-state index contributed by atoms with van der Waals surface area (Å²) in [5.74, 6) is 1.49. The minimum atomic E-state index is 0.417. The van der Waals surface area contributed by atoms with E-state index in [1.807, 2.05) is 0 Å². The van der Waals surface area contributed by atoms with Crippen molar-refractivity contribution in [2.75, 3.05) is 18.5 Å². The maximum Gasteiger partial charge on any atom is 0.202 e. The summed E-state index contributed by atoms with van der Waals surface area (Å²) in [6, 6.07) is 0.417. The van der Waals surface area contributed by atoms with E-state index in [-0.39, 0.29) is 0 Å². The van der Waals surface area contributed by atoms with Gasteiger partial charge in [-0.3, -0.25) is 0 Å². The van der Waals surface area contributed by atoms with Crippen LogP contribution in [0.4, 0.5) is 5.13 Å². The number of aromatic nitrogens is 2. The molecule has 0 atom stereocenters. The van der Waals surface area contributed by atoms with Crippen molar-refractivity contribution >= 4 is 16.7 Å². The van der Waals surface area contributed by atoms with Crippen molar-refractivity contribution in [3.63, 3.8) is 0 Å². The van der Waals surface area contributed by atoms with E-state index in [2.05, 4.69) is 28.5 Å². The predicted octanol–water partition coefficient (Wildman–Crippen LogP) is 2.25. The highest BCUT2D eigenvalue weighted by atomic mass is 32.1. The summed E-state index contributed by atoms with van der Waals surface area (Å²) in [6.07, 6.45) is 2.11. The Balaban J connectivity index is 1.99. The van der Waals surface area contributed by atoms with Gasteiger partial charge in [0.05, 0.1) is 0 Å². The van der Waals surface area contributed by atoms with E-state index >= 15 is 0 Å². The fourth-order valence-corrected chi connectivity index (χ4v) is 2.45. The van der Waals surface area contributed by atoms with Crippen molar-refractivity contribution in [3.8, 4) is 0 Å². The van der Waals surface area contributed by atoms with Crippen LogP contribution in [0.5, 0.6) is 0 Å². The minimum Gasteiger partial charge on any atom is -0.381 e. The molecule has 0 radical (unpaired) electrons. The van der Waals surface area contributed by atoms with E-state index in [0.717, 1.165) is 37.0 Å². The van der Waals surface area contributed by atoms with Gasteiger partial charge in [-0.1, -0.05) is 0 Å². The van der Waals surface area contributed by atoms with E-state index in [0.29, 0.717) is 12.0 Å². The molecule has 1 saturated heterocycles. The van der Waals surface area contributed by atoms with Gasteiger partial charge >= 0.3 is 0 Å². The zero-order valence-corrected chi connectivity index (χ0v) is 10.0. The van der Waals surface area contributed by atoms with Crippen molar-refractivity contribution < 1.29 is 4.74 Å². The maximum absolute atomic E-state index is 5.32. The van der Waals surface area contributed by atoms with Gasteiger partial charge in [-0.15, -0.1) is 0 Å². The van der Waals surface area contributed by atoms with Crippen LogP contribution in [0.15, 0.2) is 0 Å². The normalized spacial score (nSPS) is 18.3. The lowest BCUT2D eigenvalue weighted by molar-refractivity contribution is 0.0838. The standard InChI is InChI=1S/C10H17N3OS/c1-7(2)11-10-12-9(13-15-10)8-3-5-14-6-4-8/h7-8H,3-6H2,1-2H3,(H,11,12,13). The van der Waals surface area contributed by atoms with Gasteiger partial charge in [0.15, 0.2) is 0 Å². The highest BCUT2D eigenvalue weighted by Gasteiger charge is 2.20. The molecule has 4 nitrogen and oxygen atoms in total. The fourth-order valence-electron chi connectivity index (χ4n) is 1.66. The highest BCUT2D eigenvalue weighted by Crippen LogP contribution is 2.26. The zero-order valence-electron chi connectivity index (χ0n) is 9.19. The van der Waals surface area contributed by atoms with Crippen LogP contribution in [0.2, 0.25) is 0 Å². The fraction of sp³-hybridized carbons (Fsp3) is 0.800. The van der Waals surface area contributed by atoms with Crippen LogP contribution in [0.25, 0.3) is 0 Å². The average molecular weight is 227 g/mol. The summed E-state index contributed by atoms with van der Waals surface area (Å²) in [5.41, 5.74) is 0. The molecule has 0 bridgehead atoms. The Morgan fingerprint density at radius 1 is 1.40 bits per heavy atom. The number of nitrogens with zero attached hydrogens (tertiary/aromatic N) is 2. The van der Waals surface area contributed by atoms with Crippen molar-refractivity contribution in [3.05, 3.63) is 5.82 Å². The third-order valence-corrected chi connectivity index (χ3v) is 3.10. The first-order valence-electron chi connectivity index (χ1n) is 5.43. The maximum atomic E-state index is 5.32. The van der Waals surface area contributed by atoms with Crippen molar-refractivity contribution in [2.45, 2.75) is 38.6 Å². The summed E-state index contributed by atoms with van der Waals surface area (Å²) < 4.78 is 9.73. The highest BCUT2D eigenvalue weighted by molar-refractivity contribution is 7.09. The van der Waals surface area contributed by atoms with Crippen LogP contribution in [0, 0.1) is 0 Å².